The van der Waals surface area contributed by atoms with E-state index in [0.29, 0.717) is 45.0 Å². The summed E-state index contributed by atoms with van der Waals surface area (Å²) in [5.41, 5.74) is 12.8. The van der Waals surface area contributed by atoms with Crippen molar-refractivity contribution in [2.75, 3.05) is 32.7 Å². The number of benzene rings is 2. The molecular weight excluding hydrogens is 602 g/mol. The van der Waals surface area contributed by atoms with E-state index in [1.807, 2.05) is 0 Å². The number of carbonyl (C=O) groups is 3. The second-order valence-corrected chi connectivity index (χ2v) is 10.7. The van der Waals surface area contributed by atoms with Gasteiger partial charge in [0.25, 0.3) is 0 Å². The van der Waals surface area contributed by atoms with Gasteiger partial charge in [0.05, 0.1) is 12.6 Å². The lowest BCUT2D eigenvalue weighted by Gasteiger charge is -2.29. The zero-order chi connectivity index (χ0) is 29.8. The molecule has 0 heterocycles. The van der Waals surface area contributed by atoms with Gasteiger partial charge >= 0.3 is 5.97 Å². The fourth-order valence-electron chi connectivity index (χ4n) is 3.85. The van der Waals surface area contributed by atoms with Crippen molar-refractivity contribution in [3.05, 3.63) is 67.6 Å². The zero-order valence-corrected chi connectivity index (χ0v) is 24.7. The minimum Gasteiger partial charge on any atom is -0.480 e. The Kier molecular flexibility index (Phi) is 13.8. The molecular formula is C26H32Cl4N6O4. The van der Waals surface area contributed by atoms with Crippen molar-refractivity contribution in [2.45, 2.75) is 31.7 Å². The molecule has 40 heavy (non-hydrogen) atoms. The Bertz CT molecular complexity index is 1220. The lowest BCUT2D eigenvalue weighted by molar-refractivity contribution is -0.146. The molecule has 0 aliphatic rings. The summed E-state index contributed by atoms with van der Waals surface area (Å²) in [4.78, 5) is 40.6. The number of carboxylic acid groups (broad SMARTS) is 1. The van der Waals surface area contributed by atoms with Crippen LogP contribution in [0.2, 0.25) is 20.1 Å². The van der Waals surface area contributed by atoms with Gasteiger partial charge in [-0.15, -0.1) is 0 Å². The molecule has 1 atom stereocenters. The number of halogens is 4. The van der Waals surface area contributed by atoms with Crippen LogP contribution in [0.15, 0.2) is 36.4 Å². The van der Waals surface area contributed by atoms with E-state index >= 15 is 0 Å². The van der Waals surface area contributed by atoms with E-state index < -0.39 is 30.4 Å². The van der Waals surface area contributed by atoms with E-state index in [1.165, 1.54) is 4.90 Å². The third-order valence-corrected chi connectivity index (χ3v) is 7.15. The standard InChI is InChI=1S/C26H32Cl4N6O4/c27-18-5-3-16(20(29)12-18)7-10-35(15-24(38)39)23(37)14-36(11-8-17-4-6-19(28)13-21(17)30)25(40)22(31)2-1-9-34-26(32)33/h3-6,12-13,22H,1-2,7-11,14-15,31H2,(H,38,39)(H4,32,33,34)/t22-/m0/s1. The maximum absolute atomic E-state index is 13.3. The first kappa shape index (κ1) is 33.4. The van der Waals surface area contributed by atoms with Crippen LogP contribution in [0.3, 0.4) is 0 Å². The van der Waals surface area contributed by atoms with Crippen molar-refractivity contribution in [1.82, 2.24) is 15.1 Å². The molecule has 10 nitrogen and oxygen atoms in total. The Morgan fingerprint density at radius 3 is 1.90 bits per heavy atom. The molecule has 0 saturated heterocycles. The van der Waals surface area contributed by atoms with E-state index in [1.54, 1.807) is 36.4 Å². The molecule has 14 heteroatoms. The Hall–Kier alpha value is -2.76. The number of aliphatic carboxylic acids is 1. The number of nitrogens with zero attached hydrogens (tertiary/aromatic N) is 2. The van der Waals surface area contributed by atoms with Crippen LogP contribution in [0.25, 0.3) is 0 Å². The van der Waals surface area contributed by atoms with E-state index in [-0.39, 0.29) is 38.4 Å². The summed E-state index contributed by atoms with van der Waals surface area (Å²) in [6.45, 7) is -0.423. The predicted molar refractivity (Wildman–Crippen MR) is 158 cm³/mol. The molecule has 2 rings (SSSR count). The Labute approximate surface area is 253 Å². The van der Waals surface area contributed by atoms with E-state index in [2.05, 4.69) is 5.32 Å². The van der Waals surface area contributed by atoms with Gasteiger partial charge in [0.1, 0.15) is 6.54 Å². The number of hydrogen-bond acceptors (Lipinski definition) is 5. The van der Waals surface area contributed by atoms with E-state index in [4.69, 9.17) is 63.3 Å². The van der Waals surface area contributed by atoms with Gasteiger partial charge in [-0.05, 0) is 61.1 Å². The van der Waals surface area contributed by atoms with Crippen molar-refractivity contribution in [3.63, 3.8) is 0 Å². The van der Waals surface area contributed by atoms with Gasteiger partial charge in [-0.1, -0.05) is 58.5 Å². The number of amides is 2. The van der Waals surface area contributed by atoms with Gasteiger partial charge in [0.15, 0.2) is 5.96 Å². The Balaban J connectivity index is 2.18. The van der Waals surface area contributed by atoms with Crippen LogP contribution in [0.5, 0.6) is 0 Å². The van der Waals surface area contributed by atoms with Gasteiger partial charge < -0.3 is 31.7 Å². The molecule has 0 radical (unpaired) electrons. The third kappa shape index (κ3) is 11.4. The van der Waals surface area contributed by atoms with Gasteiger partial charge in [0.2, 0.25) is 11.8 Å². The van der Waals surface area contributed by atoms with Gasteiger partial charge in [0, 0.05) is 39.7 Å². The second kappa shape index (κ2) is 16.5. The Morgan fingerprint density at radius 2 is 1.43 bits per heavy atom. The average Bonchev–Trinajstić information content (AvgIpc) is 2.87. The average molecular weight is 634 g/mol. The summed E-state index contributed by atoms with van der Waals surface area (Å²) in [7, 11) is 0. The van der Waals surface area contributed by atoms with Crippen LogP contribution in [0, 0.1) is 5.41 Å². The van der Waals surface area contributed by atoms with Crippen molar-refractivity contribution in [1.29, 1.82) is 5.41 Å². The molecule has 218 valence electrons. The largest absolute Gasteiger partial charge is 0.480 e. The number of carbonyl (C=O) groups excluding carboxylic acids is 2. The normalized spacial score (nSPS) is 11.5. The quantitative estimate of drug-likeness (QED) is 0.114. The first-order valence-electron chi connectivity index (χ1n) is 12.4. The highest BCUT2D eigenvalue weighted by atomic mass is 35.5. The summed E-state index contributed by atoms with van der Waals surface area (Å²) in [5.74, 6) is -2.42. The summed E-state index contributed by atoms with van der Waals surface area (Å²) in [6, 6.07) is 8.99. The summed E-state index contributed by atoms with van der Waals surface area (Å²) < 4.78 is 0. The smallest absolute Gasteiger partial charge is 0.323 e. The molecule has 0 bridgehead atoms. The highest BCUT2D eigenvalue weighted by Crippen LogP contribution is 2.23. The number of guanidine groups is 1. The molecule has 2 amide bonds. The lowest BCUT2D eigenvalue weighted by atomic mass is 10.1. The minimum atomic E-state index is -1.20. The lowest BCUT2D eigenvalue weighted by Crippen LogP contribution is -2.50. The first-order valence-corrected chi connectivity index (χ1v) is 13.9. The van der Waals surface area contributed by atoms with Crippen molar-refractivity contribution >= 4 is 70.1 Å². The number of hydrogen-bond donors (Lipinski definition) is 5. The van der Waals surface area contributed by atoms with Crippen molar-refractivity contribution < 1.29 is 19.5 Å². The van der Waals surface area contributed by atoms with Crippen LogP contribution in [-0.4, -0.2) is 77.4 Å². The predicted octanol–water partition coefficient (Wildman–Crippen LogP) is 3.42. The number of rotatable bonds is 15. The van der Waals surface area contributed by atoms with E-state index in [9.17, 15) is 19.5 Å². The highest BCUT2D eigenvalue weighted by Gasteiger charge is 2.26. The summed E-state index contributed by atoms with van der Waals surface area (Å²) >= 11 is 24.5. The fourth-order valence-corrected chi connectivity index (χ4v) is 4.85. The Morgan fingerprint density at radius 1 is 0.900 bits per heavy atom. The monoisotopic (exact) mass is 632 g/mol. The molecule has 0 fully saturated rings. The maximum Gasteiger partial charge on any atom is 0.323 e. The van der Waals surface area contributed by atoms with Crippen LogP contribution >= 0.6 is 46.4 Å². The molecule has 0 spiro atoms. The minimum absolute atomic E-state index is 0.0559. The summed E-state index contributed by atoms with van der Waals surface area (Å²) in [6.07, 6.45) is 1.34. The number of nitrogens with two attached hydrogens (primary N) is 2. The molecule has 0 aliphatic carbocycles. The van der Waals surface area contributed by atoms with Gasteiger partial charge in [-0.25, -0.2) is 0 Å². The molecule has 0 aliphatic heterocycles. The molecule has 2 aromatic rings. The van der Waals surface area contributed by atoms with Gasteiger partial charge in [-0.2, -0.15) is 0 Å². The molecule has 0 unspecified atom stereocenters. The van der Waals surface area contributed by atoms with Crippen molar-refractivity contribution in [3.8, 4) is 0 Å². The number of carboxylic acids is 1. The SMILES string of the molecule is N=C(N)NCCC[C@H](N)C(=O)N(CCc1ccc(Cl)cc1Cl)CC(=O)N(CCc1ccc(Cl)cc1Cl)CC(=O)O. The molecule has 0 aromatic heterocycles. The fraction of sp³-hybridized carbons (Fsp3) is 0.385. The third-order valence-electron chi connectivity index (χ3n) is 5.97. The molecule has 7 N–H and O–H groups in total. The summed E-state index contributed by atoms with van der Waals surface area (Å²) in [5, 5.41) is 21.0. The topological polar surface area (TPSA) is 166 Å². The maximum atomic E-state index is 13.3. The second-order valence-electron chi connectivity index (χ2n) is 9.03. The first-order chi connectivity index (χ1) is 18.9. The van der Waals surface area contributed by atoms with Crippen LogP contribution in [-0.2, 0) is 27.2 Å². The molecule has 2 aromatic carbocycles. The molecule has 0 saturated carbocycles. The van der Waals surface area contributed by atoms with Crippen LogP contribution < -0.4 is 16.8 Å². The van der Waals surface area contributed by atoms with Crippen LogP contribution in [0.4, 0.5) is 0 Å². The van der Waals surface area contributed by atoms with Crippen molar-refractivity contribution in [2.24, 2.45) is 11.5 Å². The van der Waals surface area contributed by atoms with Gasteiger partial charge in [-0.3, -0.25) is 19.8 Å². The van der Waals surface area contributed by atoms with Crippen LogP contribution in [0.1, 0.15) is 24.0 Å². The number of nitrogens with one attached hydrogen (secondary N) is 2. The zero-order valence-electron chi connectivity index (χ0n) is 21.6. The highest BCUT2D eigenvalue weighted by molar-refractivity contribution is 6.35. The van der Waals surface area contributed by atoms with E-state index in [0.717, 1.165) is 10.5 Å².